The zero-order valence-corrected chi connectivity index (χ0v) is 27.9. The molecule has 0 aromatic carbocycles. The van der Waals surface area contributed by atoms with E-state index in [2.05, 4.69) is 0 Å². The summed E-state index contributed by atoms with van der Waals surface area (Å²) in [6.45, 7) is 0. The Hall–Kier alpha value is -4.18. The Kier molecular flexibility index (Phi) is 6.93. The number of aromatic nitrogens is 2. The van der Waals surface area contributed by atoms with Crippen LogP contribution in [0.1, 0.15) is 47.4 Å². The summed E-state index contributed by atoms with van der Waals surface area (Å²) < 4.78 is 9.41. The van der Waals surface area contributed by atoms with Crippen molar-refractivity contribution in [1.82, 2.24) is 9.97 Å². The molecular weight excluding hydrogens is 677 g/mol. The molecule has 8 rings (SSSR count). The second kappa shape index (κ2) is 11.0. The van der Waals surface area contributed by atoms with Crippen LogP contribution in [-0.2, 0) is 5.60 Å². The first-order valence-corrected chi connectivity index (χ1v) is 18.7. The highest BCUT2D eigenvalue weighted by molar-refractivity contribution is 7.36. The third-order valence-corrected chi connectivity index (χ3v) is 14.9. The summed E-state index contributed by atoms with van der Waals surface area (Å²) >= 11 is 9.81. The SMILES string of the molecule is N#CC(C#N)=Cc1ccc(-c2nc3sc4c(c3s2)OC2(CCCCC2)c2c-4sc3nc(-c4ccc(C=C(C#N)C#N)s4)sc23)s1. The number of ether oxygens (including phenoxy) is 1. The normalized spacial score (nSPS) is 14.5. The summed E-state index contributed by atoms with van der Waals surface area (Å²) in [6.07, 6.45) is 8.57. The summed E-state index contributed by atoms with van der Waals surface area (Å²) in [5.41, 5.74) is 1.05. The average Bonchev–Trinajstić information content (AvgIpc) is 3.89. The molecule has 0 saturated heterocycles. The molecule has 0 N–H and O–H groups in total. The van der Waals surface area contributed by atoms with Crippen molar-refractivity contribution in [3.05, 3.63) is 50.7 Å². The fourth-order valence-corrected chi connectivity index (χ4v) is 13.0. The molecule has 0 bridgehead atoms. The lowest BCUT2D eigenvalue weighted by atomic mass is 9.78. The van der Waals surface area contributed by atoms with Gasteiger partial charge in [0.25, 0.3) is 0 Å². The first-order chi connectivity index (χ1) is 22.0. The Labute approximate surface area is 281 Å². The third-order valence-electron chi connectivity index (χ3n) is 7.81. The second-order valence-corrected chi connectivity index (χ2v) is 16.7. The summed E-state index contributed by atoms with van der Waals surface area (Å²) in [7, 11) is 0. The largest absolute Gasteiger partial charge is 0.479 e. The van der Waals surface area contributed by atoms with Crippen molar-refractivity contribution in [3.63, 3.8) is 0 Å². The highest BCUT2D eigenvalue weighted by atomic mass is 32.1. The van der Waals surface area contributed by atoms with Crippen LogP contribution in [-0.4, -0.2) is 9.97 Å². The van der Waals surface area contributed by atoms with E-state index in [-0.39, 0.29) is 11.1 Å². The van der Waals surface area contributed by atoms with E-state index in [4.69, 9.17) is 35.8 Å². The van der Waals surface area contributed by atoms with Crippen molar-refractivity contribution in [2.75, 3.05) is 0 Å². The minimum absolute atomic E-state index is 0.0825. The van der Waals surface area contributed by atoms with Gasteiger partial charge in [0.1, 0.15) is 65.4 Å². The lowest BCUT2D eigenvalue weighted by Crippen LogP contribution is -2.37. The van der Waals surface area contributed by atoms with Crippen LogP contribution in [0.4, 0.5) is 0 Å². The quantitative estimate of drug-likeness (QED) is 0.168. The topological polar surface area (TPSA) is 130 Å². The van der Waals surface area contributed by atoms with E-state index in [1.165, 1.54) is 44.2 Å². The number of thiophene rings is 4. The van der Waals surface area contributed by atoms with Crippen molar-refractivity contribution < 1.29 is 4.74 Å². The first-order valence-electron chi connectivity index (χ1n) is 13.8. The summed E-state index contributed by atoms with van der Waals surface area (Å²) in [6, 6.07) is 15.6. The van der Waals surface area contributed by atoms with E-state index in [0.717, 1.165) is 80.2 Å². The lowest BCUT2D eigenvalue weighted by molar-refractivity contribution is 0.0282. The van der Waals surface area contributed by atoms with Crippen molar-refractivity contribution in [2.24, 2.45) is 0 Å². The highest BCUT2D eigenvalue weighted by Crippen LogP contribution is 2.62. The molecular formula is C32H16N6OS6. The van der Waals surface area contributed by atoms with Gasteiger partial charge in [0.2, 0.25) is 0 Å². The standard InChI is InChI=1S/C32H16N6OS6/c33-12-16(13-34)10-18-4-6-20(40-18)28-37-30-25(43-28)22-24(42-30)26-23(39-32(22)8-2-1-3-9-32)27-31(44-26)38-29(45-27)21-7-5-19(41-21)11-17(14-35)15-36/h4-7,10-11H,1-3,8-9H2. The predicted molar refractivity (Wildman–Crippen MR) is 184 cm³/mol. The van der Waals surface area contributed by atoms with E-state index in [1.807, 2.05) is 48.5 Å². The van der Waals surface area contributed by atoms with Gasteiger partial charge in [-0.3, -0.25) is 0 Å². The number of nitrogens with zero attached hydrogens (tertiary/aromatic N) is 6. The average molecular weight is 693 g/mol. The van der Waals surface area contributed by atoms with Gasteiger partial charge in [-0.1, -0.05) is 6.42 Å². The van der Waals surface area contributed by atoms with E-state index in [0.29, 0.717) is 0 Å². The number of thiazole rings is 2. The van der Waals surface area contributed by atoms with Gasteiger partial charge in [-0.05, 0) is 62.1 Å². The minimum atomic E-state index is -0.398. The molecule has 13 heteroatoms. The Morgan fingerprint density at radius 2 is 1.20 bits per heavy atom. The van der Waals surface area contributed by atoms with Crippen molar-refractivity contribution in [1.29, 1.82) is 21.0 Å². The smallest absolute Gasteiger partial charge is 0.159 e. The zero-order valence-electron chi connectivity index (χ0n) is 23.0. The number of hydrogen-bond acceptors (Lipinski definition) is 13. The van der Waals surface area contributed by atoms with Crippen LogP contribution in [0.5, 0.6) is 5.75 Å². The van der Waals surface area contributed by atoms with Gasteiger partial charge in [0.15, 0.2) is 5.75 Å². The van der Waals surface area contributed by atoms with Gasteiger partial charge in [-0.25, -0.2) is 9.97 Å². The Morgan fingerprint density at radius 3 is 1.78 bits per heavy atom. The molecule has 1 saturated carbocycles. The Bertz CT molecular complexity index is 2380. The molecule has 7 heterocycles. The lowest BCUT2D eigenvalue weighted by Gasteiger charge is -2.40. The zero-order chi connectivity index (χ0) is 30.7. The molecule has 6 aromatic heterocycles. The van der Waals surface area contributed by atoms with Gasteiger partial charge in [0, 0.05) is 15.3 Å². The van der Waals surface area contributed by atoms with Gasteiger partial charge in [0.05, 0.1) is 24.2 Å². The fourth-order valence-electron chi connectivity index (χ4n) is 5.85. The van der Waals surface area contributed by atoms with Crippen LogP contribution >= 0.6 is 68.0 Å². The molecule has 0 amide bonds. The number of fused-ring (bicyclic) bond motifs is 8. The maximum atomic E-state index is 9.14. The second-order valence-electron chi connectivity index (χ2n) is 10.5. The number of nitriles is 4. The van der Waals surface area contributed by atoms with Gasteiger partial charge in [-0.2, -0.15) is 21.0 Å². The number of rotatable bonds is 4. The van der Waals surface area contributed by atoms with E-state index in [1.54, 1.807) is 57.5 Å². The molecule has 1 spiro atoms. The maximum Gasteiger partial charge on any atom is 0.159 e. The van der Waals surface area contributed by atoms with Crippen LogP contribution in [0.15, 0.2) is 35.4 Å². The molecule has 216 valence electrons. The van der Waals surface area contributed by atoms with Gasteiger partial charge in [-0.15, -0.1) is 68.0 Å². The summed E-state index contributed by atoms with van der Waals surface area (Å²) in [4.78, 5) is 18.2. The predicted octanol–water partition coefficient (Wildman–Crippen LogP) is 10.6. The van der Waals surface area contributed by atoms with Crippen LogP contribution in [0, 0.1) is 45.3 Å². The first kappa shape index (κ1) is 28.3. The molecule has 1 aliphatic carbocycles. The molecule has 0 atom stereocenters. The molecule has 6 aromatic rings. The Morgan fingerprint density at radius 1 is 0.667 bits per heavy atom. The van der Waals surface area contributed by atoms with Crippen LogP contribution < -0.4 is 4.74 Å². The van der Waals surface area contributed by atoms with Crippen molar-refractivity contribution >= 4 is 99.2 Å². The van der Waals surface area contributed by atoms with Gasteiger partial charge >= 0.3 is 0 Å². The van der Waals surface area contributed by atoms with Crippen LogP contribution in [0.25, 0.3) is 60.7 Å². The molecule has 0 unspecified atom stereocenters. The third kappa shape index (κ3) is 4.64. The summed E-state index contributed by atoms with van der Waals surface area (Å²) in [5.74, 6) is 0.940. The Balaban J connectivity index is 1.21. The van der Waals surface area contributed by atoms with Crippen molar-refractivity contribution in [3.8, 4) is 59.6 Å². The molecule has 1 aliphatic heterocycles. The van der Waals surface area contributed by atoms with Crippen LogP contribution in [0.3, 0.4) is 0 Å². The summed E-state index contributed by atoms with van der Waals surface area (Å²) in [5, 5.41) is 38.4. The van der Waals surface area contributed by atoms with E-state index >= 15 is 0 Å². The minimum Gasteiger partial charge on any atom is -0.479 e. The molecule has 45 heavy (non-hydrogen) atoms. The molecule has 7 nitrogen and oxygen atoms in total. The fraction of sp³-hybridized carbons (Fsp3) is 0.188. The molecule has 1 fully saturated rings. The molecule has 0 radical (unpaired) electrons. The number of hydrogen-bond donors (Lipinski definition) is 0. The van der Waals surface area contributed by atoms with Crippen molar-refractivity contribution in [2.45, 2.75) is 37.7 Å². The highest BCUT2D eigenvalue weighted by Gasteiger charge is 2.47. The van der Waals surface area contributed by atoms with E-state index < -0.39 is 5.60 Å². The van der Waals surface area contributed by atoms with Crippen LogP contribution in [0.2, 0.25) is 0 Å². The van der Waals surface area contributed by atoms with Gasteiger partial charge < -0.3 is 4.74 Å². The van der Waals surface area contributed by atoms with E-state index in [9.17, 15) is 0 Å². The maximum absolute atomic E-state index is 9.14. The number of allylic oxidation sites excluding steroid dienone is 2. The molecule has 2 aliphatic rings. The monoisotopic (exact) mass is 692 g/mol.